The molecule has 0 heterocycles. The van der Waals surface area contributed by atoms with E-state index in [1.807, 2.05) is 13.8 Å². The molecule has 2 atom stereocenters. The first-order chi connectivity index (χ1) is 7.47. The van der Waals surface area contributed by atoms with Crippen LogP contribution in [0.5, 0.6) is 0 Å². The minimum atomic E-state index is -0.717. The van der Waals surface area contributed by atoms with Gasteiger partial charge in [0.1, 0.15) is 11.9 Å². The van der Waals surface area contributed by atoms with E-state index in [9.17, 15) is 9.50 Å². The lowest BCUT2D eigenvalue weighted by atomic mass is 9.93. The predicted molar refractivity (Wildman–Crippen MR) is 61.7 cm³/mol. The number of benzene rings is 1. The summed E-state index contributed by atoms with van der Waals surface area (Å²) in [6.45, 7) is 5.75. The smallest absolute Gasteiger partial charge is 0.123 e. The highest BCUT2D eigenvalue weighted by atomic mass is 19.1. The van der Waals surface area contributed by atoms with Gasteiger partial charge in [-0.1, -0.05) is 19.9 Å². The molecular weight excluding hydrogens is 207 g/mol. The highest BCUT2D eigenvalue weighted by Gasteiger charge is 2.24. The summed E-state index contributed by atoms with van der Waals surface area (Å²) in [6, 6.07) is 4.40. The lowest BCUT2D eigenvalue weighted by Crippen LogP contribution is -2.27. The van der Waals surface area contributed by atoms with Crippen LogP contribution in [0.1, 0.15) is 31.1 Å². The maximum absolute atomic E-state index is 12.9. The monoisotopic (exact) mass is 226 g/mol. The lowest BCUT2D eigenvalue weighted by Gasteiger charge is -2.26. The van der Waals surface area contributed by atoms with E-state index in [2.05, 4.69) is 0 Å². The van der Waals surface area contributed by atoms with Crippen molar-refractivity contribution < 1.29 is 14.2 Å². The van der Waals surface area contributed by atoms with Crippen LogP contribution in [-0.4, -0.2) is 18.3 Å². The Morgan fingerprint density at radius 2 is 1.94 bits per heavy atom. The molecule has 1 aromatic rings. The van der Waals surface area contributed by atoms with Crippen LogP contribution >= 0.6 is 0 Å². The average Bonchev–Trinajstić information content (AvgIpc) is 2.17. The van der Waals surface area contributed by atoms with Crippen LogP contribution in [0.25, 0.3) is 0 Å². The fraction of sp³-hybridized carbons (Fsp3) is 0.538. The molecule has 16 heavy (non-hydrogen) atoms. The van der Waals surface area contributed by atoms with Gasteiger partial charge < -0.3 is 9.84 Å². The van der Waals surface area contributed by atoms with Crippen molar-refractivity contribution >= 4 is 0 Å². The number of halogens is 1. The van der Waals surface area contributed by atoms with Crippen molar-refractivity contribution in [3.8, 4) is 0 Å². The molecule has 2 unspecified atom stereocenters. The third kappa shape index (κ3) is 2.80. The Labute approximate surface area is 96.1 Å². The van der Waals surface area contributed by atoms with E-state index in [1.54, 1.807) is 20.1 Å². The number of hydrogen-bond donors (Lipinski definition) is 1. The molecule has 0 amide bonds. The van der Waals surface area contributed by atoms with Crippen LogP contribution in [0.4, 0.5) is 4.39 Å². The molecule has 2 nitrogen and oxygen atoms in total. The molecule has 0 saturated heterocycles. The molecule has 0 aliphatic rings. The van der Waals surface area contributed by atoms with E-state index in [0.717, 1.165) is 11.1 Å². The fourth-order valence-corrected chi connectivity index (χ4v) is 1.91. The van der Waals surface area contributed by atoms with Crippen molar-refractivity contribution in [2.24, 2.45) is 5.92 Å². The number of hydrogen-bond acceptors (Lipinski definition) is 2. The van der Waals surface area contributed by atoms with Crippen molar-refractivity contribution in [1.82, 2.24) is 0 Å². The highest BCUT2D eigenvalue weighted by Crippen LogP contribution is 2.26. The summed E-state index contributed by atoms with van der Waals surface area (Å²) in [5.74, 6) is -0.0867. The Morgan fingerprint density at radius 3 is 2.38 bits per heavy atom. The molecular formula is C13H19FO2. The van der Waals surface area contributed by atoms with Gasteiger partial charge >= 0.3 is 0 Å². The topological polar surface area (TPSA) is 29.5 Å². The van der Waals surface area contributed by atoms with Gasteiger partial charge in [0.25, 0.3) is 0 Å². The summed E-state index contributed by atoms with van der Waals surface area (Å²) >= 11 is 0. The lowest BCUT2D eigenvalue weighted by molar-refractivity contribution is -0.0393. The van der Waals surface area contributed by atoms with Crippen LogP contribution in [0.15, 0.2) is 18.2 Å². The van der Waals surface area contributed by atoms with Crippen molar-refractivity contribution in [2.75, 3.05) is 7.11 Å². The standard InChI is InChI=1S/C13H19FO2/c1-8(2)13(16-4)12(15)11-6-5-10(14)7-9(11)3/h5-8,12-13,15H,1-4H3. The molecule has 0 radical (unpaired) electrons. The molecule has 0 spiro atoms. The van der Waals surface area contributed by atoms with Crippen LogP contribution in [-0.2, 0) is 4.74 Å². The summed E-state index contributed by atoms with van der Waals surface area (Å²) in [7, 11) is 1.58. The van der Waals surface area contributed by atoms with E-state index >= 15 is 0 Å². The molecule has 3 heteroatoms. The van der Waals surface area contributed by atoms with Gasteiger partial charge in [-0.15, -0.1) is 0 Å². The zero-order chi connectivity index (χ0) is 12.3. The third-order valence-electron chi connectivity index (χ3n) is 2.79. The SMILES string of the molecule is COC(C(C)C)C(O)c1ccc(F)cc1C. The molecule has 1 N–H and O–H groups in total. The zero-order valence-corrected chi connectivity index (χ0v) is 10.2. The summed E-state index contributed by atoms with van der Waals surface area (Å²) in [4.78, 5) is 0. The number of aryl methyl sites for hydroxylation is 1. The fourth-order valence-electron chi connectivity index (χ4n) is 1.91. The minimum absolute atomic E-state index is 0.199. The van der Waals surface area contributed by atoms with Crippen LogP contribution in [0.2, 0.25) is 0 Å². The number of methoxy groups -OCH3 is 1. The second-order valence-electron chi connectivity index (χ2n) is 4.39. The van der Waals surface area contributed by atoms with E-state index in [-0.39, 0.29) is 17.8 Å². The van der Waals surface area contributed by atoms with Gasteiger partial charge in [-0.2, -0.15) is 0 Å². The zero-order valence-electron chi connectivity index (χ0n) is 10.2. The number of aliphatic hydroxyl groups is 1. The molecule has 0 aliphatic carbocycles. The van der Waals surface area contributed by atoms with Gasteiger partial charge in [0.05, 0.1) is 6.10 Å². The van der Waals surface area contributed by atoms with Crippen LogP contribution < -0.4 is 0 Å². The Hall–Kier alpha value is -0.930. The van der Waals surface area contributed by atoms with Gasteiger partial charge in [0.2, 0.25) is 0 Å². The van der Waals surface area contributed by atoms with Crippen molar-refractivity contribution in [3.63, 3.8) is 0 Å². The molecule has 0 aromatic heterocycles. The predicted octanol–water partition coefficient (Wildman–Crippen LogP) is 2.84. The Morgan fingerprint density at radius 1 is 1.31 bits per heavy atom. The van der Waals surface area contributed by atoms with E-state index in [1.165, 1.54) is 12.1 Å². The molecule has 0 fully saturated rings. The van der Waals surface area contributed by atoms with Crippen molar-refractivity contribution in [1.29, 1.82) is 0 Å². The number of ether oxygens (including phenoxy) is 1. The molecule has 0 aliphatic heterocycles. The Bertz CT molecular complexity index is 350. The van der Waals surface area contributed by atoms with Crippen LogP contribution in [0, 0.1) is 18.7 Å². The first-order valence-corrected chi connectivity index (χ1v) is 5.44. The molecule has 1 aromatic carbocycles. The quantitative estimate of drug-likeness (QED) is 0.855. The highest BCUT2D eigenvalue weighted by molar-refractivity contribution is 5.29. The van der Waals surface area contributed by atoms with Crippen LogP contribution in [0.3, 0.4) is 0 Å². The maximum Gasteiger partial charge on any atom is 0.123 e. The Balaban J connectivity index is 2.99. The summed E-state index contributed by atoms with van der Waals surface area (Å²) < 4.78 is 18.2. The second-order valence-corrected chi connectivity index (χ2v) is 4.39. The van der Waals surface area contributed by atoms with E-state index < -0.39 is 6.10 Å². The van der Waals surface area contributed by atoms with Gasteiger partial charge in [0.15, 0.2) is 0 Å². The summed E-state index contributed by atoms with van der Waals surface area (Å²) in [6.07, 6.45) is -0.991. The minimum Gasteiger partial charge on any atom is -0.386 e. The first-order valence-electron chi connectivity index (χ1n) is 5.44. The first kappa shape index (κ1) is 13.1. The molecule has 90 valence electrons. The van der Waals surface area contributed by atoms with Crippen molar-refractivity contribution in [2.45, 2.75) is 33.0 Å². The van der Waals surface area contributed by atoms with Gasteiger partial charge in [-0.05, 0) is 36.1 Å². The van der Waals surface area contributed by atoms with Gasteiger partial charge in [-0.3, -0.25) is 0 Å². The molecule has 0 bridgehead atoms. The average molecular weight is 226 g/mol. The van der Waals surface area contributed by atoms with Crippen molar-refractivity contribution in [3.05, 3.63) is 35.1 Å². The number of aliphatic hydroxyl groups excluding tert-OH is 1. The third-order valence-corrected chi connectivity index (χ3v) is 2.79. The number of rotatable bonds is 4. The summed E-state index contributed by atoms with van der Waals surface area (Å²) in [5, 5.41) is 10.2. The normalized spacial score (nSPS) is 15.2. The maximum atomic E-state index is 12.9. The van der Waals surface area contributed by atoms with Gasteiger partial charge in [0, 0.05) is 7.11 Å². The largest absolute Gasteiger partial charge is 0.386 e. The van der Waals surface area contributed by atoms with Gasteiger partial charge in [-0.25, -0.2) is 4.39 Å². The Kier molecular flexibility index (Phi) is 4.44. The molecule has 0 saturated carbocycles. The van der Waals surface area contributed by atoms with E-state index in [0.29, 0.717) is 0 Å². The molecule has 1 rings (SSSR count). The van der Waals surface area contributed by atoms with E-state index in [4.69, 9.17) is 4.74 Å². The summed E-state index contributed by atoms with van der Waals surface area (Å²) in [5.41, 5.74) is 1.47. The second kappa shape index (κ2) is 5.41.